The highest BCUT2D eigenvalue weighted by molar-refractivity contribution is 5.85. The normalized spacial score (nSPS) is 20.6. The molecule has 25 heavy (non-hydrogen) atoms. The fraction of sp³-hybridized carbons (Fsp3) is 0.667. The Labute approximate surface area is 160 Å². The van der Waals surface area contributed by atoms with Crippen LogP contribution in [-0.2, 0) is 6.54 Å². The van der Waals surface area contributed by atoms with Crippen LogP contribution >= 0.6 is 24.8 Å². The molecular formula is C18H27Cl2F3N2. The smallest absolute Gasteiger partial charge is 0.317 e. The third-order valence-electron chi connectivity index (χ3n) is 5.28. The summed E-state index contributed by atoms with van der Waals surface area (Å²) in [6.45, 7) is 3.98. The molecule has 0 unspecified atom stereocenters. The molecule has 0 atom stereocenters. The van der Waals surface area contributed by atoms with Gasteiger partial charge in [-0.1, -0.05) is 24.3 Å². The second-order valence-corrected chi connectivity index (χ2v) is 6.82. The van der Waals surface area contributed by atoms with Crippen molar-refractivity contribution in [3.8, 4) is 0 Å². The van der Waals surface area contributed by atoms with E-state index < -0.39 is 12.1 Å². The summed E-state index contributed by atoms with van der Waals surface area (Å²) < 4.78 is 38.3. The second-order valence-electron chi connectivity index (χ2n) is 6.82. The van der Waals surface area contributed by atoms with Gasteiger partial charge in [-0.25, -0.2) is 0 Å². The lowest BCUT2D eigenvalue weighted by molar-refractivity contribution is -0.185. The Kier molecular flexibility index (Phi) is 9.02. The molecule has 2 nitrogen and oxygen atoms in total. The number of alkyl halides is 3. The minimum absolute atomic E-state index is 0. The van der Waals surface area contributed by atoms with Gasteiger partial charge in [-0.2, -0.15) is 13.2 Å². The van der Waals surface area contributed by atoms with Crippen LogP contribution in [-0.4, -0.2) is 37.3 Å². The number of likely N-dealkylation sites (tertiary alicyclic amines) is 1. The highest BCUT2D eigenvalue weighted by Gasteiger charge is 2.41. The number of nitrogens with zero attached hydrogens (tertiary/aromatic N) is 1. The molecule has 3 rings (SSSR count). The molecule has 1 N–H and O–H groups in total. The van der Waals surface area contributed by atoms with E-state index in [4.69, 9.17) is 0 Å². The van der Waals surface area contributed by atoms with Crippen molar-refractivity contribution in [3.63, 3.8) is 0 Å². The van der Waals surface area contributed by atoms with Gasteiger partial charge in [0.1, 0.15) is 0 Å². The third-order valence-corrected chi connectivity index (χ3v) is 5.28. The van der Waals surface area contributed by atoms with E-state index in [1.54, 1.807) is 0 Å². The van der Waals surface area contributed by atoms with Crippen molar-refractivity contribution in [2.45, 2.75) is 44.3 Å². The zero-order chi connectivity index (χ0) is 16.3. The molecule has 2 heterocycles. The quantitative estimate of drug-likeness (QED) is 0.788. The zero-order valence-corrected chi connectivity index (χ0v) is 15.9. The third kappa shape index (κ3) is 6.02. The molecule has 0 bridgehead atoms. The molecule has 0 saturated carbocycles. The predicted octanol–water partition coefficient (Wildman–Crippen LogP) is 4.77. The molecule has 144 valence electrons. The summed E-state index contributed by atoms with van der Waals surface area (Å²) in [7, 11) is 0. The molecule has 0 amide bonds. The molecule has 2 fully saturated rings. The van der Waals surface area contributed by atoms with Gasteiger partial charge in [0.2, 0.25) is 0 Å². The maximum absolute atomic E-state index is 12.8. The largest absolute Gasteiger partial charge is 0.391 e. The summed E-state index contributed by atoms with van der Waals surface area (Å²) in [6, 6.07) is 8.47. The number of halogens is 5. The summed E-state index contributed by atoms with van der Waals surface area (Å²) in [5.74, 6) is -0.529. The Morgan fingerprint density at radius 3 is 2.16 bits per heavy atom. The summed E-state index contributed by atoms with van der Waals surface area (Å²) in [6.07, 6.45) is -1.27. The zero-order valence-electron chi connectivity index (χ0n) is 14.2. The van der Waals surface area contributed by atoms with E-state index in [9.17, 15) is 13.2 Å². The van der Waals surface area contributed by atoms with Crippen LogP contribution in [0.25, 0.3) is 0 Å². The molecule has 0 aromatic heterocycles. The van der Waals surface area contributed by atoms with Crippen molar-refractivity contribution in [3.05, 3.63) is 35.4 Å². The van der Waals surface area contributed by atoms with E-state index in [0.717, 1.165) is 32.5 Å². The SMILES string of the molecule is Cl.Cl.FC(F)(F)C1CCN(Cc2ccccc2C2CCNCC2)CC1. The first-order valence-electron chi connectivity index (χ1n) is 8.61. The monoisotopic (exact) mass is 398 g/mol. The molecule has 2 aliphatic rings. The lowest BCUT2D eigenvalue weighted by Gasteiger charge is -2.34. The predicted molar refractivity (Wildman–Crippen MR) is 99.8 cm³/mol. The molecule has 1 aromatic carbocycles. The fourth-order valence-corrected chi connectivity index (χ4v) is 3.87. The molecule has 0 aliphatic carbocycles. The van der Waals surface area contributed by atoms with Gasteiger partial charge in [0.05, 0.1) is 5.92 Å². The van der Waals surface area contributed by atoms with Gasteiger partial charge in [0.25, 0.3) is 0 Å². The van der Waals surface area contributed by atoms with Crippen LogP contribution in [0.5, 0.6) is 0 Å². The van der Waals surface area contributed by atoms with Crippen LogP contribution < -0.4 is 5.32 Å². The van der Waals surface area contributed by atoms with E-state index in [1.165, 1.54) is 11.1 Å². The van der Waals surface area contributed by atoms with Gasteiger partial charge in [-0.05, 0) is 68.9 Å². The van der Waals surface area contributed by atoms with E-state index in [0.29, 0.717) is 19.0 Å². The van der Waals surface area contributed by atoms with Gasteiger partial charge in [0, 0.05) is 6.54 Å². The van der Waals surface area contributed by atoms with Crippen molar-refractivity contribution in [2.75, 3.05) is 26.2 Å². The lowest BCUT2D eigenvalue weighted by Crippen LogP contribution is -2.38. The number of rotatable bonds is 3. The molecule has 0 radical (unpaired) electrons. The highest BCUT2D eigenvalue weighted by Crippen LogP contribution is 2.35. The Hall–Kier alpha value is -0.490. The van der Waals surface area contributed by atoms with Gasteiger partial charge in [-0.15, -0.1) is 24.8 Å². The highest BCUT2D eigenvalue weighted by atomic mass is 35.5. The van der Waals surface area contributed by atoms with Crippen molar-refractivity contribution >= 4 is 24.8 Å². The summed E-state index contributed by atoms with van der Waals surface area (Å²) >= 11 is 0. The standard InChI is InChI=1S/C18H25F3N2.2ClH/c19-18(20,21)16-7-11-23(12-8-16)13-15-3-1-2-4-17(15)14-5-9-22-10-6-14;;/h1-4,14,16,22H,5-13H2;2*1H. The number of nitrogens with one attached hydrogen (secondary N) is 1. The van der Waals surface area contributed by atoms with Gasteiger partial charge < -0.3 is 5.32 Å². The van der Waals surface area contributed by atoms with E-state index in [2.05, 4.69) is 28.4 Å². The minimum Gasteiger partial charge on any atom is -0.317 e. The Morgan fingerprint density at radius 2 is 1.56 bits per heavy atom. The van der Waals surface area contributed by atoms with Crippen molar-refractivity contribution in [1.29, 1.82) is 0 Å². The molecular weight excluding hydrogens is 372 g/mol. The van der Waals surface area contributed by atoms with Crippen LogP contribution in [0.4, 0.5) is 13.2 Å². The summed E-state index contributed by atoms with van der Waals surface area (Å²) in [5, 5.41) is 3.39. The fourth-order valence-electron chi connectivity index (χ4n) is 3.87. The van der Waals surface area contributed by atoms with Gasteiger partial charge in [-0.3, -0.25) is 4.90 Å². The van der Waals surface area contributed by atoms with Crippen LogP contribution in [0.2, 0.25) is 0 Å². The second kappa shape index (κ2) is 10.0. The first-order chi connectivity index (χ1) is 11.0. The molecule has 7 heteroatoms. The van der Waals surface area contributed by atoms with Crippen molar-refractivity contribution < 1.29 is 13.2 Å². The van der Waals surface area contributed by atoms with Crippen LogP contribution in [0, 0.1) is 5.92 Å². The average molecular weight is 399 g/mol. The number of hydrogen-bond donors (Lipinski definition) is 1. The topological polar surface area (TPSA) is 15.3 Å². The van der Waals surface area contributed by atoms with Crippen molar-refractivity contribution in [2.24, 2.45) is 5.92 Å². The lowest BCUT2D eigenvalue weighted by atomic mass is 9.86. The van der Waals surface area contributed by atoms with E-state index >= 15 is 0 Å². The van der Waals surface area contributed by atoms with E-state index in [-0.39, 0.29) is 37.7 Å². The average Bonchev–Trinajstić information content (AvgIpc) is 2.56. The molecule has 2 saturated heterocycles. The first kappa shape index (κ1) is 22.6. The van der Waals surface area contributed by atoms with Crippen molar-refractivity contribution in [1.82, 2.24) is 10.2 Å². The maximum atomic E-state index is 12.8. The molecule has 1 aromatic rings. The Morgan fingerprint density at radius 1 is 0.960 bits per heavy atom. The van der Waals surface area contributed by atoms with E-state index in [1.807, 2.05) is 6.07 Å². The number of hydrogen-bond acceptors (Lipinski definition) is 2. The Bertz CT molecular complexity index is 511. The van der Waals surface area contributed by atoms with Gasteiger partial charge >= 0.3 is 6.18 Å². The maximum Gasteiger partial charge on any atom is 0.391 e. The number of piperidine rings is 2. The molecule has 2 aliphatic heterocycles. The number of benzene rings is 1. The first-order valence-corrected chi connectivity index (χ1v) is 8.61. The minimum atomic E-state index is -4.03. The van der Waals surface area contributed by atoms with Gasteiger partial charge in [0.15, 0.2) is 0 Å². The molecule has 0 spiro atoms. The van der Waals surface area contributed by atoms with Crippen LogP contribution in [0.15, 0.2) is 24.3 Å². The van der Waals surface area contributed by atoms with Crippen LogP contribution in [0.1, 0.15) is 42.7 Å². The Balaban J connectivity index is 0.00000156. The van der Waals surface area contributed by atoms with Crippen LogP contribution in [0.3, 0.4) is 0 Å². The summed E-state index contributed by atoms with van der Waals surface area (Å²) in [4.78, 5) is 2.18. The summed E-state index contributed by atoms with van der Waals surface area (Å²) in [5.41, 5.74) is 2.69.